The van der Waals surface area contributed by atoms with Crippen molar-refractivity contribution in [1.29, 1.82) is 0 Å². The molecule has 0 aliphatic rings. The predicted molar refractivity (Wildman–Crippen MR) is 116 cm³/mol. The number of hydrogen-bond donors (Lipinski definition) is 1. The number of methoxy groups -OCH3 is 2. The van der Waals surface area contributed by atoms with Crippen molar-refractivity contribution in [2.24, 2.45) is 0 Å². The van der Waals surface area contributed by atoms with E-state index in [9.17, 15) is 14.4 Å². The van der Waals surface area contributed by atoms with Crippen LogP contribution in [-0.2, 0) is 14.3 Å². The van der Waals surface area contributed by atoms with Crippen LogP contribution in [-0.4, -0.2) is 44.2 Å². The molecule has 2 aromatic carbocycles. The monoisotopic (exact) mass is 431 g/mol. The Morgan fingerprint density at radius 1 is 1.00 bits per heavy atom. The van der Waals surface area contributed by atoms with E-state index in [-0.39, 0.29) is 18.6 Å². The van der Waals surface area contributed by atoms with Crippen molar-refractivity contribution in [3.05, 3.63) is 48.0 Å². The van der Waals surface area contributed by atoms with Gasteiger partial charge in [0.1, 0.15) is 11.5 Å². The Bertz CT molecular complexity index is 897. The van der Waals surface area contributed by atoms with Gasteiger partial charge in [-0.05, 0) is 37.4 Å². The Balaban J connectivity index is 1.87. The van der Waals surface area contributed by atoms with E-state index in [0.29, 0.717) is 22.7 Å². The van der Waals surface area contributed by atoms with E-state index >= 15 is 0 Å². The van der Waals surface area contributed by atoms with Crippen LogP contribution in [0, 0.1) is 0 Å². The van der Waals surface area contributed by atoms with E-state index in [1.165, 1.54) is 21.1 Å². The van der Waals surface area contributed by atoms with E-state index in [2.05, 4.69) is 5.32 Å². The lowest BCUT2D eigenvalue weighted by atomic mass is 10.1. The van der Waals surface area contributed by atoms with Gasteiger partial charge < -0.3 is 19.5 Å². The van der Waals surface area contributed by atoms with Crippen LogP contribution < -0.4 is 14.8 Å². The number of anilines is 1. The molecule has 0 radical (unpaired) electrons. The van der Waals surface area contributed by atoms with Gasteiger partial charge in [0.2, 0.25) is 0 Å². The van der Waals surface area contributed by atoms with E-state index < -0.39 is 18.0 Å². The molecule has 0 bridgehead atoms. The maximum Gasteiger partial charge on any atom is 0.307 e. The van der Waals surface area contributed by atoms with Gasteiger partial charge in [0.05, 0.1) is 26.3 Å². The summed E-state index contributed by atoms with van der Waals surface area (Å²) in [6.07, 6.45) is 0.817. The molecule has 7 nitrogen and oxygen atoms in total. The van der Waals surface area contributed by atoms with Crippen molar-refractivity contribution < 1.29 is 28.6 Å². The minimum atomic E-state index is -1.04. The summed E-state index contributed by atoms with van der Waals surface area (Å²) < 4.78 is 15.5. The Morgan fingerprint density at radius 3 is 2.30 bits per heavy atom. The van der Waals surface area contributed by atoms with Gasteiger partial charge in [0, 0.05) is 22.9 Å². The number of benzene rings is 2. The van der Waals surface area contributed by atoms with Gasteiger partial charge in [-0.25, -0.2) is 0 Å². The molecule has 0 fully saturated rings. The molecule has 1 atom stereocenters. The lowest BCUT2D eigenvalue weighted by molar-refractivity contribution is -0.153. The molecule has 30 heavy (non-hydrogen) atoms. The van der Waals surface area contributed by atoms with Crippen molar-refractivity contribution >= 4 is 35.1 Å². The molecule has 0 saturated heterocycles. The lowest BCUT2D eigenvalue weighted by Gasteiger charge is -2.16. The van der Waals surface area contributed by atoms with E-state index in [0.717, 1.165) is 4.90 Å². The Labute approximate surface area is 180 Å². The summed E-state index contributed by atoms with van der Waals surface area (Å²) in [5, 5.41) is 2.65. The fraction of sp³-hybridized carbons (Fsp3) is 0.318. The molecule has 2 rings (SSSR count). The van der Waals surface area contributed by atoms with Crippen LogP contribution in [0.25, 0.3) is 0 Å². The molecule has 8 heteroatoms. The number of Topliss-reactive ketones (excluding diaryl/α,β-unsaturated/α-hetero) is 1. The molecule has 1 amide bonds. The summed E-state index contributed by atoms with van der Waals surface area (Å²) in [6.45, 7) is 1.46. The fourth-order valence-corrected chi connectivity index (χ4v) is 3.00. The Morgan fingerprint density at radius 2 is 1.70 bits per heavy atom. The zero-order valence-electron chi connectivity index (χ0n) is 17.4. The highest BCUT2D eigenvalue weighted by atomic mass is 32.2. The highest BCUT2D eigenvalue weighted by Crippen LogP contribution is 2.29. The number of carbonyl (C=O) groups is 3. The minimum absolute atomic E-state index is 0.00942. The van der Waals surface area contributed by atoms with Gasteiger partial charge in [-0.3, -0.25) is 14.4 Å². The van der Waals surface area contributed by atoms with Gasteiger partial charge in [-0.15, -0.1) is 11.8 Å². The van der Waals surface area contributed by atoms with Crippen LogP contribution in [0.15, 0.2) is 47.4 Å². The first kappa shape index (κ1) is 23.3. The fourth-order valence-electron chi connectivity index (χ4n) is 2.59. The number of ether oxygens (including phenoxy) is 3. The van der Waals surface area contributed by atoms with E-state index in [1.54, 1.807) is 42.1 Å². The van der Waals surface area contributed by atoms with Crippen LogP contribution in [0.3, 0.4) is 0 Å². The highest BCUT2D eigenvalue weighted by molar-refractivity contribution is 7.98. The maximum absolute atomic E-state index is 12.4. The van der Waals surface area contributed by atoms with Crippen LogP contribution in [0.5, 0.6) is 11.5 Å². The Kier molecular flexibility index (Phi) is 8.73. The zero-order valence-corrected chi connectivity index (χ0v) is 18.2. The Hall–Kier alpha value is -3.00. The van der Waals surface area contributed by atoms with Crippen LogP contribution in [0.1, 0.15) is 30.1 Å². The van der Waals surface area contributed by atoms with Gasteiger partial charge in [-0.1, -0.05) is 12.1 Å². The topological polar surface area (TPSA) is 90.9 Å². The maximum atomic E-state index is 12.4. The molecule has 0 saturated carbocycles. The number of rotatable bonds is 10. The molecule has 160 valence electrons. The lowest BCUT2D eigenvalue weighted by Crippen LogP contribution is -2.30. The molecule has 0 spiro atoms. The van der Waals surface area contributed by atoms with Crippen molar-refractivity contribution in [3.8, 4) is 11.5 Å². The van der Waals surface area contributed by atoms with Crippen molar-refractivity contribution in [1.82, 2.24) is 0 Å². The largest absolute Gasteiger partial charge is 0.497 e. The second-order valence-electron chi connectivity index (χ2n) is 6.34. The average Bonchev–Trinajstić information content (AvgIpc) is 2.77. The summed E-state index contributed by atoms with van der Waals surface area (Å²) in [7, 11) is 2.99. The van der Waals surface area contributed by atoms with Gasteiger partial charge in [-0.2, -0.15) is 0 Å². The number of amides is 1. The summed E-state index contributed by atoms with van der Waals surface area (Å²) >= 11 is 1.58. The zero-order chi connectivity index (χ0) is 22.1. The summed E-state index contributed by atoms with van der Waals surface area (Å²) in [5.74, 6) is -0.309. The van der Waals surface area contributed by atoms with E-state index in [4.69, 9.17) is 14.2 Å². The second kappa shape index (κ2) is 11.3. The van der Waals surface area contributed by atoms with Crippen LogP contribution in [0.4, 0.5) is 5.69 Å². The number of esters is 1. The first-order valence-corrected chi connectivity index (χ1v) is 10.5. The third-order valence-corrected chi connectivity index (χ3v) is 5.05. The molecule has 1 N–H and O–H groups in total. The average molecular weight is 432 g/mol. The standard InChI is InChI=1S/C22H25NO6S/c1-14(22(26)23-18-13-16(27-2)7-11-20(18)28-3)29-21(25)12-10-19(24)15-5-8-17(30-4)9-6-15/h5-9,11,13-14H,10,12H2,1-4H3,(H,23,26). The molecular formula is C22H25NO6S. The normalized spacial score (nSPS) is 11.3. The van der Waals surface area contributed by atoms with E-state index in [1.807, 2.05) is 18.4 Å². The third-order valence-electron chi connectivity index (χ3n) is 4.31. The van der Waals surface area contributed by atoms with Gasteiger partial charge in [0.25, 0.3) is 5.91 Å². The van der Waals surface area contributed by atoms with Crippen LogP contribution >= 0.6 is 11.8 Å². The number of thioether (sulfide) groups is 1. The van der Waals surface area contributed by atoms with Crippen molar-refractivity contribution in [3.63, 3.8) is 0 Å². The molecule has 0 aromatic heterocycles. The number of nitrogens with one attached hydrogen (secondary N) is 1. The molecule has 0 heterocycles. The van der Waals surface area contributed by atoms with Gasteiger partial charge in [0.15, 0.2) is 11.9 Å². The molecule has 0 aliphatic heterocycles. The van der Waals surface area contributed by atoms with Gasteiger partial charge >= 0.3 is 5.97 Å². The van der Waals surface area contributed by atoms with Crippen LogP contribution in [0.2, 0.25) is 0 Å². The molecule has 1 unspecified atom stereocenters. The minimum Gasteiger partial charge on any atom is -0.497 e. The number of carbonyl (C=O) groups excluding carboxylic acids is 3. The van der Waals surface area contributed by atoms with Crippen molar-refractivity contribution in [2.75, 3.05) is 25.8 Å². The summed E-state index contributed by atoms with van der Waals surface area (Å²) in [5.41, 5.74) is 0.935. The number of ketones is 1. The highest BCUT2D eigenvalue weighted by Gasteiger charge is 2.20. The quantitative estimate of drug-likeness (QED) is 0.346. The smallest absolute Gasteiger partial charge is 0.307 e. The third kappa shape index (κ3) is 6.52. The predicted octanol–water partition coefficient (Wildman–Crippen LogP) is 3.96. The molecule has 0 aliphatic carbocycles. The van der Waals surface area contributed by atoms with Crippen molar-refractivity contribution in [2.45, 2.75) is 30.8 Å². The molecule has 2 aromatic rings. The summed E-state index contributed by atoms with van der Waals surface area (Å²) in [4.78, 5) is 37.7. The summed E-state index contributed by atoms with van der Waals surface area (Å²) in [6, 6.07) is 12.1. The molecular weight excluding hydrogens is 406 g/mol. The first-order valence-electron chi connectivity index (χ1n) is 9.27. The number of hydrogen-bond acceptors (Lipinski definition) is 7. The SMILES string of the molecule is COc1ccc(OC)c(NC(=O)C(C)OC(=O)CCC(=O)c2ccc(SC)cc2)c1. The first-order chi connectivity index (χ1) is 14.4. The second-order valence-corrected chi connectivity index (χ2v) is 7.22.